The zero-order valence-electron chi connectivity index (χ0n) is 19.7. The van der Waals surface area contributed by atoms with Gasteiger partial charge in [-0.05, 0) is 51.5 Å². The van der Waals surface area contributed by atoms with Crippen LogP contribution in [0.4, 0.5) is 0 Å². The van der Waals surface area contributed by atoms with Crippen molar-refractivity contribution in [3.05, 3.63) is 63.9 Å². The van der Waals surface area contributed by atoms with Gasteiger partial charge in [0.15, 0.2) is 5.16 Å². The number of ether oxygens (including phenoxy) is 1. The van der Waals surface area contributed by atoms with Crippen molar-refractivity contribution in [1.29, 1.82) is 0 Å². The average molecular weight is 478 g/mol. The first kappa shape index (κ1) is 22.6. The van der Waals surface area contributed by atoms with Gasteiger partial charge in [0.05, 0.1) is 34.6 Å². The van der Waals surface area contributed by atoms with Crippen molar-refractivity contribution in [1.82, 2.24) is 24.1 Å². The number of aryl methyl sites for hydroxylation is 2. The minimum Gasteiger partial charge on any atom is -0.372 e. The summed E-state index contributed by atoms with van der Waals surface area (Å²) < 4.78 is 9.23. The van der Waals surface area contributed by atoms with Crippen molar-refractivity contribution in [2.24, 2.45) is 0 Å². The van der Waals surface area contributed by atoms with E-state index in [0.717, 1.165) is 22.3 Å². The molecular weight excluding hydrogens is 450 g/mol. The summed E-state index contributed by atoms with van der Waals surface area (Å²) in [7, 11) is 0. The lowest BCUT2D eigenvalue weighted by Gasteiger charge is -2.35. The Labute approximate surface area is 201 Å². The van der Waals surface area contributed by atoms with Gasteiger partial charge in [-0.1, -0.05) is 41.6 Å². The van der Waals surface area contributed by atoms with Gasteiger partial charge in [-0.25, -0.2) is 4.57 Å². The SMILES string of the molecule is Cc1ccc(-n2c(=O)c3ccccc3n3c(SCC(=O)N4CC(C)OC(C)C4)nnc23)c(C)c1. The highest BCUT2D eigenvalue weighted by Gasteiger charge is 2.26. The number of aromatic nitrogens is 4. The van der Waals surface area contributed by atoms with Gasteiger partial charge in [0.2, 0.25) is 11.7 Å². The van der Waals surface area contributed by atoms with E-state index in [0.29, 0.717) is 29.4 Å². The number of hydrogen-bond acceptors (Lipinski definition) is 6. The van der Waals surface area contributed by atoms with E-state index >= 15 is 0 Å². The van der Waals surface area contributed by atoms with Crippen LogP contribution in [0.1, 0.15) is 25.0 Å². The molecule has 0 spiro atoms. The van der Waals surface area contributed by atoms with Crippen LogP contribution in [-0.4, -0.2) is 61.0 Å². The van der Waals surface area contributed by atoms with Gasteiger partial charge in [0.1, 0.15) is 0 Å². The fraction of sp³-hybridized carbons (Fsp3) is 0.360. The number of hydrogen-bond donors (Lipinski definition) is 0. The maximum absolute atomic E-state index is 13.5. The molecule has 2 atom stereocenters. The molecule has 0 radical (unpaired) electrons. The second kappa shape index (κ2) is 8.88. The van der Waals surface area contributed by atoms with Crippen molar-refractivity contribution < 1.29 is 9.53 Å². The van der Waals surface area contributed by atoms with E-state index in [1.807, 2.05) is 79.5 Å². The molecule has 2 aromatic heterocycles. The number of carbonyl (C=O) groups excluding carboxylic acids is 1. The molecular formula is C25H27N5O3S. The third kappa shape index (κ3) is 3.99. The Hall–Kier alpha value is -3.17. The number of carbonyl (C=O) groups is 1. The molecule has 4 aromatic rings. The van der Waals surface area contributed by atoms with Crippen molar-refractivity contribution >= 4 is 34.3 Å². The standard InChI is InChI=1S/C25H27N5O3S/c1-15-9-10-20(16(2)11-15)29-23(32)19-7-5-6-8-21(19)30-24(29)26-27-25(30)34-14-22(31)28-12-17(3)33-18(4)13-28/h5-11,17-18H,12-14H2,1-4H3. The number of morpholine rings is 1. The van der Waals surface area contributed by atoms with Crippen molar-refractivity contribution in [3.63, 3.8) is 0 Å². The Morgan fingerprint density at radius 1 is 1.09 bits per heavy atom. The van der Waals surface area contributed by atoms with Crippen molar-refractivity contribution in [3.8, 4) is 5.69 Å². The van der Waals surface area contributed by atoms with Gasteiger partial charge < -0.3 is 9.64 Å². The second-order valence-corrected chi connectivity index (χ2v) is 9.85. The van der Waals surface area contributed by atoms with Crippen LogP contribution in [0.25, 0.3) is 22.4 Å². The molecule has 0 aliphatic carbocycles. The third-order valence-electron chi connectivity index (χ3n) is 6.08. The summed E-state index contributed by atoms with van der Waals surface area (Å²) in [5.41, 5.74) is 3.43. The Morgan fingerprint density at radius 2 is 1.82 bits per heavy atom. The minimum atomic E-state index is -0.147. The first-order chi connectivity index (χ1) is 16.3. The van der Waals surface area contributed by atoms with E-state index in [9.17, 15) is 9.59 Å². The fourth-order valence-electron chi connectivity index (χ4n) is 4.64. The van der Waals surface area contributed by atoms with Crippen LogP contribution in [0.5, 0.6) is 0 Å². The highest BCUT2D eigenvalue weighted by molar-refractivity contribution is 7.99. The lowest BCUT2D eigenvalue weighted by atomic mass is 10.1. The van der Waals surface area contributed by atoms with Crippen LogP contribution < -0.4 is 5.56 Å². The van der Waals surface area contributed by atoms with E-state index in [-0.39, 0.29) is 29.4 Å². The fourth-order valence-corrected chi connectivity index (χ4v) is 5.49. The van der Waals surface area contributed by atoms with Crippen LogP contribution in [0, 0.1) is 13.8 Å². The first-order valence-electron chi connectivity index (χ1n) is 11.4. The molecule has 8 nitrogen and oxygen atoms in total. The molecule has 0 saturated carbocycles. The van der Waals surface area contributed by atoms with Crippen LogP contribution in [0.3, 0.4) is 0 Å². The van der Waals surface area contributed by atoms with Gasteiger partial charge in [-0.15, -0.1) is 10.2 Å². The lowest BCUT2D eigenvalue weighted by Crippen LogP contribution is -2.48. The summed E-state index contributed by atoms with van der Waals surface area (Å²) in [5, 5.41) is 9.93. The molecule has 1 fully saturated rings. The molecule has 34 heavy (non-hydrogen) atoms. The summed E-state index contributed by atoms with van der Waals surface area (Å²) in [6.07, 6.45) is 0.0329. The molecule has 1 aliphatic heterocycles. The van der Waals surface area contributed by atoms with Crippen molar-refractivity contribution in [2.75, 3.05) is 18.8 Å². The molecule has 1 amide bonds. The number of benzene rings is 2. The summed E-state index contributed by atoms with van der Waals surface area (Å²) in [6, 6.07) is 13.4. The molecule has 1 aliphatic rings. The smallest absolute Gasteiger partial charge is 0.267 e. The highest BCUT2D eigenvalue weighted by Crippen LogP contribution is 2.25. The topological polar surface area (TPSA) is 81.7 Å². The molecule has 3 heterocycles. The molecule has 2 aromatic carbocycles. The minimum absolute atomic E-state index is 0.0164. The summed E-state index contributed by atoms with van der Waals surface area (Å²) in [5.74, 6) is 0.701. The van der Waals surface area contributed by atoms with Crippen molar-refractivity contribution in [2.45, 2.75) is 45.1 Å². The second-order valence-electron chi connectivity index (χ2n) is 8.91. The van der Waals surface area contributed by atoms with Gasteiger partial charge in [-0.2, -0.15) is 0 Å². The largest absolute Gasteiger partial charge is 0.372 e. The van der Waals surface area contributed by atoms with Gasteiger partial charge in [-0.3, -0.25) is 14.0 Å². The molecule has 1 saturated heterocycles. The number of nitrogens with zero attached hydrogens (tertiary/aromatic N) is 5. The molecule has 0 N–H and O–H groups in total. The zero-order valence-corrected chi connectivity index (χ0v) is 20.5. The predicted molar refractivity (Wildman–Crippen MR) is 133 cm³/mol. The lowest BCUT2D eigenvalue weighted by molar-refractivity contribution is -0.140. The van der Waals surface area contributed by atoms with Gasteiger partial charge in [0, 0.05) is 13.1 Å². The van der Waals surface area contributed by atoms with Crippen LogP contribution in [0.2, 0.25) is 0 Å². The normalized spacial score (nSPS) is 18.6. The van der Waals surface area contributed by atoms with E-state index in [4.69, 9.17) is 4.74 Å². The van der Waals surface area contributed by atoms with Crippen LogP contribution >= 0.6 is 11.8 Å². The van der Waals surface area contributed by atoms with Crippen LogP contribution in [0.15, 0.2) is 52.4 Å². The Kier molecular flexibility index (Phi) is 5.91. The predicted octanol–water partition coefficient (Wildman–Crippen LogP) is 3.38. The van der Waals surface area contributed by atoms with Crippen LogP contribution in [-0.2, 0) is 9.53 Å². The number of amides is 1. The Morgan fingerprint density at radius 3 is 2.56 bits per heavy atom. The summed E-state index contributed by atoms with van der Waals surface area (Å²) >= 11 is 1.33. The van der Waals surface area contributed by atoms with E-state index in [2.05, 4.69) is 10.2 Å². The number of rotatable bonds is 4. The zero-order chi connectivity index (χ0) is 24.0. The number of thioether (sulfide) groups is 1. The Balaban J connectivity index is 1.58. The molecule has 0 bridgehead atoms. The van der Waals surface area contributed by atoms with E-state index in [1.54, 1.807) is 4.57 Å². The average Bonchev–Trinajstić information content (AvgIpc) is 3.22. The monoisotopic (exact) mass is 477 g/mol. The van der Waals surface area contributed by atoms with E-state index in [1.165, 1.54) is 11.8 Å². The van der Waals surface area contributed by atoms with E-state index < -0.39 is 0 Å². The summed E-state index contributed by atoms with van der Waals surface area (Å²) in [4.78, 5) is 28.3. The molecule has 5 rings (SSSR count). The number of fused-ring (bicyclic) bond motifs is 3. The number of para-hydroxylation sites is 1. The quantitative estimate of drug-likeness (QED) is 0.419. The maximum atomic E-state index is 13.5. The first-order valence-corrected chi connectivity index (χ1v) is 12.3. The van der Waals surface area contributed by atoms with Gasteiger partial charge in [0.25, 0.3) is 5.56 Å². The molecule has 176 valence electrons. The maximum Gasteiger partial charge on any atom is 0.267 e. The summed E-state index contributed by atoms with van der Waals surface area (Å²) in [6.45, 7) is 9.13. The van der Waals surface area contributed by atoms with Gasteiger partial charge >= 0.3 is 0 Å². The Bertz CT molecular complexity index is 1450. The third-order valence-corrected chi connectivity index (χ3v) is 7.00. The molecule has 9 heteroatoms. The molecule has 2 unspecified atom stereocenters. The highest BCUT2D eigenvalue weighted by atomic mass is 32.2.